The molecular formula is C16H16O4S. The highest BCUT2D eigenvalue weighted by Gasteiger charge is 2.16. The zero-order chi connectivity index (χ0) is 15.2. The summed E-state index contributed by atoms with van der Waals surface area (Å²) in [5, 5.41) is 0. The number of ketones is 1. The predicted molar refractivity (Wildman–Crippen MR) is 81.6 cm³/mol. The lowest BCUT2D eigenvalue weighted by Crippen LogP contribution is -2.12. The zero-order valence-corrected chi connectivity index (χ0v) is 12.7. The maximum Gasteiger partial charge on any atom is 0.179 e. The highest BCUT2D eigenvalue weighted by molar-refractivity contribution is 7.85. The average Bonchev–Trinajstić information content (AvgIpc) is 2.54. The Kier molecular flexibility index (Phi) is 5.11. The lowest BCUT2D eigenvalue weighted by Gasteiger charge is -2.07. The first-order valence-corrected chi connectivity index (χ1v) is 7.66. The quantitative estimate of drug-likeness (QED) is 0.770. The van der Waals surface area contributed by atoms with E-state index >= 15 is 0 Å². The summed E-state index contributed by atoms with van der Waals surface area (Å²) in [7, 11) is 1.68. The normalized spacial score (nSPS) is 11.7. The molecule has 0 bridgehead atoms. The van der Waals surface area contributed by atoms with Crippen molar-refractivity contribution in [1.29, 1.82) is 0 Å². The van der Waals surface area contributed by atoms with Gasteiger partial charge in [-0.1, -0.05) is 12.1 Å². The second kappa shape index (κ2) is 7.04. The smallest absolute Gasteiger partial charge is 0.179 e. The van der Waals surface area contributed by atoms with Gasteiger partial charge < -0.3 is 9.47 Å². The number of Topliss-reactive ketones (excluding diaryl/α,β-unsaturated/α-hetero) is 1. The van der Waals surface area contributed by atoms with Crippen molar-refractivity contribution in [3.63, 3.8) is 0 Å². The molecule has 1 unspecified atom stereocenters. The minimum atomic E-state index is -1.40. The van der Waals surface area contributed by atoms with Crippen LogP contribution in [0, 0.1) is 0 Å². The second-order valence-electron chi connectivity index (χ2n) is 4.29. The van der Waals surface area contributed by atoms with Crippen molar-refractivity contribution < 1.29 is 18.5 Å². The van der Waals surface area contributed by atoms with Gasteiger partial charge in [0, 0.05) is 4.90 Å². The molecule has 0 spiro atoms. The molecular weight excluding hydrogens is 288 g/mol. The number of ether oxygens (including phenoxy) is 2. The number of benzene rings is 2. The second-order valence-corrected chi connectivity index (χ2v) is 5.74. The monoisotopic (exact) mass is 304 g/mol. The third-order valence-electron chi connectivity index (χ3n) is 2.99. The molecule has 0 amide bonds. The van der Waals surface area contributed by atoms with Gasteiger partial charge in [-0.15, -0.1) is 0 Å². The van der Waals surface area contributed by atoms with Gasteiger partial charge in [0.1, 0.15) is 11.5 Å². The van der Waals surface area contributed by atoms with E-state index in [0.29, 0.717) is 22.0 Å². The van der Waals surface area contributed by atoms with Crippen LogP contribution in [0.15, 0.2) is 53.4 Å². The van der Waals surface area contributed by atoms with E-state index in [1.165, 1.54) is 7.11 Å². The summed E-state index contributed by atoms with van der Waals surface area (Å²) in [4.78, 5) is 12.8. The molecule has 0 saturated heterocycles. The van der Waals surface area contributed by atoms with Gasteiger partial charge in [0.05, 0.1) is 36.3 Å². The minimum Gasteiger partial charge on any atom is -0.497 e. The van der Waals surface area contributed by atoms with Gasteiger partial charge in [0.15, 0.2) is 5.78 Å². The Balaban J connectivity index is 2.13. The molecule has 0 fully saturated rings. The van der Waals surface area contributed by atoms with E-state index in [1.54, 1.807) is 55.6 Å². The number of methoxy groups -OCH3 is 2. The third kappa shape index (κ3) is 3.70. The Morgan fingerprint density at radius 2 is 1.67 bits per heavy atom. The van der Waals surface area contributed by atoms with Crippen molar-refractivity contribution in [3.8, 4) is 11.5 Å². The van der Waals surface area contributed by atoms with Crippen LogP contribution in [-0.2, 0) is 10.8 Å². The first kappa shape index (κ1) is 15.3. The molecule has 1 atom stereocenters. The van der Waals surface area contributed by atoms with Crippen LogP contribution in [0.4, 0.5) is 0 Å². The van der Waals surface area contributed by atoms with E-state index in [-0.39, 0.29) is 11.5 Å². The molecule has 5 heteroatoms. The Bertz CT molecular complexity index is 650. The summed E-state index contributed by atoms with van der Waals surface area (Å²) in [5.41, 5.74) is 0.446. The molecule has 0 radical (unpaired) electrons. The van der Waals surface area contributed by atoms with Crippen LogP contribution in [0.2, 0.25) is 0 Å². The summed E-state index contributed by atoms with van der Waals surface area (Å²) < 4.78 is 22.4. The van der Waals surface area contributed by atoms with Crippen LogP contribution in [0.5, 0.6) is 11.5 Å². The highest BCUT2D eigenvalue weighted by atomic mass is 32.2. The highest BCUT2D eigenvalue weighted by Crippen LogP contribution is 2.20. The molecule has 0 N–H and O–H groups in total. The summed E-state index contributed by atoms with van der Waals surface area (Å²) in [5.74, 6) is 0.898. The maximum absolute atomic E-state index is 12.2. The molecule has 0 aromatic heterocycles. The largest absolute Gasteiger partial charge is 0.497 e. The third-order valence-corrected chi connectivity index (χ3v) is 4.31. The Morgan fingerprint density at radius 3 is 2.29 bits per heavy atom. The fourth-order valence-corrected chi connectivity index (χ4v) is 2.88. The number of hydrogen-bond donors (Lipinski definition) is 0. The molecule has 110 valence electrons. The molecule has 2 aromatic carbocycles. The molecule has 0 heterocycles. The van der Waals surface area contributed by atoms with Crippen molar-refractivity contribution in [2.24, 2.45) is 0 Å². The van der Waals surface area contributed by atoms with Gasteiger partial charge in [0.2, 0.25) is 0 Å². The van der Waals surface area contributed by atoms with Crippen LogP contribution in [0.3, 0.4) is 0 Å². The van der Waals surface area contributed by atoms with Crippen LogP contribution in [-0.4, -0.2) is 30.0 Å². The number of carbonyl (C=O) groups excluding carboxylic acids is 1. The summed E-state index contributed by atoms with van der Waals surface area (Å²) in [6.07, 6.45) is 0. The van der Waals surface area contributed by atoms with Crippen molar-refractivity contribution in [3.05, 3.63) is 54.1 Å². The summed E-state index contributed by atoms with van der Waals surface area (Å²) >= 11 is 0. The maximum atomic E-state index is 12.2. The van der Waals surface area contributed by atoms with Gasteiger partial charge in [0.25, 0.3) is 0 Å². The molecule has 0 aliphatic carbocycles. The molecule has 2 rings (SSSR count). The van der Waals surface area contributed by atoms with E-state index in [0.717, 1.165) is 0 Å². The van der Waals surface area contributed by atoms with Crippen molar-refractivity contribution in [2.75, 3.05) is 20.0 Å². The van der Waals surface area contributed by atoms with E-state index in [4.69, 9.17) is 9.47 Å². The van der Waals surface area contributed by atoms with Gasteiger partial charge in [-0.3, -0.25) is 9.00 Å². The number of hydrogen-bond acceptors (Lipinski definition) is 4. The summed E-state index contributed by atoms with van der Waals surface area (Å²) in [6, 6.07) is 13.8. The Labute approximate surface area is 126 Å². The number of para-hydroxylation sites is 1. The average molecular weight is 304 g/mol. The molecule has 21 heavy (non-hydrogen) atoms. The van der Waals surface area contributed by atoms with Crippen LogP contribution < -0.4 is 9.47 Å². The molecule has 4 nitrogen and oxygen atoms in total. The molecule has 0 aliphatic rings. The lowest BCUT2D eigenvalue weighted by molar-refractivity contribution is 0.101. The fourth-order valence-electron chi connectivity index (χ4n) is 1.88. The van der Waals surface area contributed by atoms with Gasteiger partial charge in [-0.05, 0) is 36.4 Å². The lowest BCUT2D eigenvalue weighted by atomic mass is 10.1. The Hall–Kier alpha value is -2.14. The van der Waals surface area contributed by atoms with Crippen LogP contribution in [0.25, 0.3) is 0 Å². The Morgan fingerprint density at radius 1 is 1.00 bits per heavy atom. The van der Waals surface area contributed by atoms with Gasteiger partial charge in [-0.2, -0.15) is 0 Å². The molecule has 0 saturated carbocycles. The first-order chi connectivity index (χ1) is 10.2. The zero-order valence-electron chi connectivity index (χ0n) is 11.9. The first-order valence-electron chi connectivity index (χ1n) is 6.34. The van der Waals surface area contributed by atoms with Crippen molar-refractivity contribution >= 4 is 16.6 Å². The SMILES string of the molecule is COc1ccc(S(=O)CC(=O)c2ccccc2OC)cc1. The van der Waals surface area contributed by atoms with Gasteiger partial charge >= 0.3 is 0 Å². The van der Waals surface area contributed by atoms with Crippen molar-refractivity contribution in [2.45, 2.75) is 4.90 Å². The van der Waals surface area contributed by atoms with Crippen LogP contribution in [0.1, 0.15) is 10.4 Å². The summed E-state index contributed by atoms with van der Waals surface area (Å²) in [6.45, 7) is 0. The molecule has 2 aromatic rings. The van der Waals surface area contributed by atoms with E-state index in [9.17, 15) is 9.00 Å². The standard InChI is InChI=1S/C16H16O4S/c1-19-12-7-9-13(10-8-12)21(18)11-15(17)14-5-3-4-6-16(14)20-2/h3-10H,11H2,1-2H3. The van der Waals surface area contributed by atoms with E-state index in [1.807, 2.05) is 0 Å². The van der Waals surface area contributed by atoms with Gasteiger partial charge in [-0.25, -0.2) is 0 Å². The van der Waals surface area contributed by atoms with Crippen LogP contribution >= 0.6 is 0 Å². The minimum absolute atomic E-state index is 0.0767. The number of carbonyl (C=O) groups is 1. The number of rotatable bonds is 6. The fraction of sp³-hybridized carbons (Fsp3) is 0.188. The van der Waals surface area contributed by atoms with E-state index < -0.39 is 10.8 Å². The molecule has 0 aliphatic heterocycles. The topological polar surface area (TPSA) is 52.6 Å². The van der Waals surface area contributed by atoms with Crippen molar-refractivity contribution in [1.82, 2.24) is 0 Å². The predicted octanol–water partition coefficient (Wildman–Crippen LogP) is 2.69. The van der Waals surface area contributed by atoms with E-state index in [2.05, 4.69) is 0 Å².